The van der Waals surface area contributed by atoms with E-state index in [0.29, 0.717) is 15.8 Å². The Hall–Kier alpha value is -2.05. The number of benzene rings is 2. The second-order valence-corrected chi connectivity index (χ2v) is 7.53. The van der Waals surface area contributed by atoms with Crippen LogP contribution in [0.4, 0.5) is 10.1 Å². The van der Waals surface area contributed by atoms with Gasteiger partial charge >= 0.3 is 0 Å². The van der Waals surface area contributed by atoms with Gasteiger partial charge in [-0.2, -0.15) is 0 Å². The Labute approximate surface area is 154 Å². The molecule has 7 heteroatoms. The number of nitrogens with one attached hydrogen (secondary N) is 1. The Kier molecular flexibility index (Phi) is 5.01. The summed E-state index contributed by atoms with van der Waals surface area (Å²) in [6, 6.07) is 11.1. The summed E-state index contributed by atoms with van der Waals surface area (Å²) in [5, 5.41) is 3.56. The topological polar surface area (TPSA) is 67.5 Å². The fourth-order valence-corrected chi connectivity index (χ4v) is 3.84. The maximum atomic E-state index is 14.2. The molecule has 4 nitrogen and oxygen atoms in total. The molecule has 1 heterocycles. The van der Waals surface area contributed by atoms with Gasteiger partial charge < -0.3 is 11.1 Å². The third-order valence-electron chi connectivity index (χ3n) is 4.12. The summed E-state index contributed by atoms with van der Waals surface area (Å²) >= 11 is 7.40. The van der Waals surface area contributed by atoms with Gasteiger partial charge in [0, 0.05) is 16.3 Å². The second kappa shape index (κ2) is 7.06. The standard InChI is InChI=1S/C18H17ClFN3OS/c1-18(7-8-25-17(21)23-18)12-5-6-14(20)15(10-12)22-16(24)11-3-2-4-13(19)9-11/h2-6,9-10H,7-8H2,1H3,(H2,21,23)(H,22,24). The van der Waals surface area contributed by atoms with Crippen molar-refractivity contribution in [1.29, 1.82) is 0 Å². The molecule has 0 saturated carbocycles. The van der Waals surface area contributed by atoms with Crippen LogP contribution < -0.4 is 11.1 Å². The predicted molar refractivity (Wildman–Crippen MR) is 102 cm³/mol. The Morgan fingerprint density at radius 2 is 2.16 bits per heavy atom. The summed E-state index contributed by atoms with van der Waals surface area (Å²) in [7, 11) is 0. The minimum atomic E-state index is -0.529. The Bertz CT molecular complexity index is 858. The monoisotopic (exact) mass is 377 g/mol. The van der Waals surface area contributed by atoms with Crippen molar-refractivity contribution in [1.82, 2.24) is 0 Å². The Morgan fingerprint density at radius 1 is 1.36 bits per heavy atom. The first-order valence-corrected chi connectivity index (χ1v) is 9.09. The minimum absolute atomic E-state index is 0.107. The summed E-state index contributed by atoms with van der Waals surface area (Å²) in [4.78, 5) is 16.9. The fourth-order valence-electron chi connectivity index (χ4n) is 2.67. The number of anilines is 1. The Morgan fingerprint density at radius 3 is 2.88 bits per heavy atom. The normalized spacial score (nSPS) is 20.0. The van der Waals surface area contributed by atoms with Gasteiger partial charge in [0.15, 0.2) is 5.17 Å². The van der Waals surface area contributed by atoms with Crippen LogP contribution in [0, 0.1) is 5.82 Å². The molecule has 0 spiro atoms. The largest absolute Gasteiger partial charge is 0.379 e. The highest BCUT2D eigenvalue weighted by atomic mass is 35.5. The van der Waals surface area contributed by atoms with E-state index >= 15 is 0 Å². The van der Waals surface area contributed by atoms with Crippen LogP contribution in [0.5, 0.6) is 0 Å². The van der Waals surface area contributed by atoms with Crippen molar-refractivity contribution in [2.24, 2.45) is 10.7 Å². The number of halogens is 2. The van der Waals surface area contributed by atoms with Gasteiger partial charge in [-0.3, -0.25) is 9.79 Å². The van der Waals surface area contributed by atoms with Crippen LogP contribution >= 0.6 is 23.4 Å². The smallest absolute Gasteiger partial charge is 0.255 e. The number of amidine groups is 1. The van der Waals surface area contributed by atoms with E-state index in [0.717, 1.165) is 17.7 Å². The lowest BCUT2D eigenvalue weighted by molar-refractivity contribution is 0.102. The molecule has 0 saturated heterocycles. The van der Waals surface area contributed by atoms with E-state index in [-0.39, 0.29) is 5.69 Å². The SMILES string of the molecule is CC1(c2ccc(F)c(NC(=O)c3cccc(Cl)c3)c2)CCSC(N)=N1. The van der Waals surface area contributed by atoms with E-state index in [9.17, 15) is 9.18 Å². The molecule has 25 heavy (non-hydrogen) atoms. The van der Waals surface area contributed by atoms with Gasteiger partial charge in [0.25, 0.3) is 5.91 Å². The van der Waals surface area contributed by atoms with Crippen LogP contribution in [0.25, 0.3) is 0 Å². The molecule has 0 radical (unpaired) electrons. The molecular formula is C18H17ClFN3OS. The molecule has 1 aliphatic rings. The molecule has 1 aliphatic heterocycles. The van der Waals surface area contributed by atoms with Crippen molar-refractivity contribution in [2.45, 2.75) is 18.9 Å². The lowest BCUT2D eigenvalue weighted by Gasteiger charge is -2.30. The molecule has 0 aliphatic carbocycles. The molecule has 0 bridgehead atoms. The quantitative estimate of drug-likeness (QED) is 0.833. The van der Waals surface area contributed by atoms with Crippen molar-refractivity contribution in [3.05, 3.63) is 64.4 Å². The molecule has 2 aromatic carbocycles. The number of nitrogens with two attached hydrogens (primary N) is 1. The third-order valence-corrected chi connectivity index (χ3v) is 5.15. The predicted octanol–water partition coefficient (Wildman–Crippen LogP) is 4.40. The third kappa shape index (κ3) is 3.96. The van der Waals surface area contributed by atoms with Crippen molar-refractivity contribution in [2.75, 3.05) is 11.1 Å². The summed E-state index contributed by atoms with van der Waals surface area (Å²) in [6.45, 7) is 1.95. The maximum Gasteiger partial charge on any atom is 0.255 e. The van der Waals surface area contributed by atoms with Crippen molar-refractivity contribution in [3.63, 3.8) is 0 Å². The number of hydrogen-bond donors (Lipinski definition) is 2. The molecule has 1 amide bonds. The van der Waals surface area contributed by atoms with Gasteiger partial charge in [-0.15, -0.1) is 0 Å². The Balaban J connectivity index is 1.90. The molecule has 1 unspecified atom stereocenters. The van der Waals surface area contributed by atoms with Gasteiger partial charge in [0.05, 0.1) is 11.2 Å². The van der Waals surface area contributed by atoms with Crippen LogP contribution in [0.3, 0.4) is 0 Å². The first-order chi connectivity index (χ1) is 11.9. The number of amides is 1. The van der Waals surface area contributed by atoms with E-state index in [1.807, 2.05) is 6.92 Å². The van der Waals surface area contributed by atoms with Crippen LogP contribution in [-0.4, -0.2) is 16.8 Å². The number of hydrogen-bond acceptors (Lipinski definition) is 4. The summed E-state index contributed by atoms with van der Waals surface area (Å²) < 4.78 is 14.2. The van der Waals surface area contributed by atoms with E-state index < -0.39 is 17.3 Å². The van der Waals surface area contributed by atoms with Gasteiger partial charge in [0.2, 0.25) is 0 Å². The number of aliphatic imine (C=N–C) groups is 1. The first-order valence-electron chi connectivity index (χ1n) is 7.72. The van der Waals surface area contributed by atoms with Gasteiger partial charge in [-0.25, -0.2) is 4.39 Å². The average Bonchev–Trinajstić information content (AvgIpc) is 2.56. The molecule has 2 aromatic rings. The fraction of sp³-hybridized carbons (Fsp3) is 0.222. The molecule has 3 N–H and O–H groups in total. The molecule has 1 atom stereocenters. The van der Waals surface area contributed by atoms with Gasteiger partial charge in [-0.05, 0) is 49.2 Å². The number of carbonyl (C=O) groups excluding carboxylic acids is 1. The van der Waals surface area contributed by atoms with E-state index in [4.69, 9.17) is 17.3 Å². The van der Waals surface area contributed by atoms with Crippen LogP contribution in [0.15, 0.2) is 47.5 Å². The number of rotatable bonds is 3. The number of nitrogens with zero attached hydrogens (tertiary/aromatic N) is 1. The van der Waals surface area contributed by atoms with Crippen molar-refractivity contribution < 1.29 is 9.18 Å². The number of thioether (sulfide) groups is 1. The summed E-state index contributed by atoms with van der Waals surface area (Å²) in [6.07, 6.45) is 0.783. The summed E-state index contributed by atoms with van der Waals surface area (Å²) in [5.74, 6) is -0.0938. The molecule has 0 aromatic heterocycles. The van der Waals surface area contributed by atoms with Crippen LogP contribution in [0.2, 0.25) is 5.02 Å². The molecule has 130 valence electrons. The van der Waals surface area contributed by atoms with Crippen LogP contribution in [-0.2, 0) is 5.54 Å². The number of carbonyl (C=O) groups is 1. The highest BCUT2D eigenvalue weighted by Gasteiger charge is 2.30. The minimum Gasteiger partial charge on any atom is -0.379 e. The lowest BCUT2D eigenvalue weighted by atomic mass is 9.89. The average molecular weight is 378 g/mol. The van der Waals surface area contributed by atoms with E-state index in [1.54, 1.807) is 30.3 Å². The lowest BCUT2D eigenvalue weighted by Crippen LogP contribution is -2.29. The highest BCUT2D eigenvalue weighted by molar-refractivity contribution is 8.13. The zero-order chi connectivity index (χ0) is 18.0. The van der Waals surface area contributed by atoms with Gasteiger partial charge in [-0.1, -0.05) is 35.5 Å². The first kappa shape index (κ1) is 17.8. The van der Waals surface area contributed by atoms with Gasteiger partial charge in [0.1, 0.15) is 5.82 Å². The highest BCUT2D eigenvalue weighted by Crippen LogP contribution is 2.36. The zero-order valence-corrected chi connectivity index (χ0v) is 15.1. The van der Waals surface area contributed by atoms with Crippen molar-refractivity contribution in [3.8, 4) is 0 Å². The van der Waals surface area contributed by atoms with E-state index in [2.05, 4.69) is 10.3 Å². The van der Waals surface area contributed by atoms with Crippen LogP contribution in [0.1, 0.15) is 29.3 Å². The maximum absolute atomic E-state index is 14.2. The molecule has 3 rings (SSSR count). The van der Waals surface area contributed by atoms with E-state index in [1.165, 1.54) is 23.9 Å². The van der Waals surface area contributed by atoms with Crippen molar-refractivity contribution >= 4 is 40.1 Å². The summed E-state index contributed by atoms with van der Waals surface area (Å²) in [5.41, 5.74) is 6.59. The molecule has 0 fully saturated rings. The zero-order valence-electron chi connectivity index (χ0n) is 13.6. The second-order valence-electron chi connectivity index (χ2n) is 5.98. The molecular weight excluding hydrogens is 361 g/mol.